The molecule has 0 saturated carbocycles. The highest BCUT2D eigenvalue weighted by atomic mass is 16.5. The zero-order valence-corrected chi connectivity index (χ0v) is 10.6. The first-order valence-corrected chi connectivity index (χ1v) is 5.94. The number of nitrogens with two attached hydrogens (primary N) is 1. The summed E-state index contributed by atoms with van der Waals surface area (Å²) in [6.45, 7) is 5.82. The summed E-state index contributed by atoms with van der Waals surface area (Å²) in [7, 11) is 1.64. The van der Waals surface area contributed by atoms with Gasteiger partial charge in [0.1, 0.15) is 5.75 Å². The van der Waals surface area contributed by atoms with Gasteiger partial charge in [-0.25, -0.2) is 0 Å². The van der Waals surface area contributed by atoms with Gasteiger partial charge in [0.15, 0.2) is 0 Å². The molecule has 0 bridgehead atoms. The molecule has 2 unspecified atom stereocenters. The van der Waals surface area contributed by atoms with Crippen LogP contribution in [0.1, 0.15) is 13.8 Å². The van der Waals surface area contributed by atoms with Gasteiger partial charge < -0.3 is 20.1 Å². The number of nitrogen functional groups attached to an aromatic ring is 1. The van der Waals surface area contributed by atoms with Crippen molar-refractivity contribution in [1.29, 1.82) is 0 Å². The summed E-state index contributed by atoms with van der Waals surface area (Å²) in [6, 6.07) is 6.22. The van der Waals surface area contributed by atoms with Gasteiger partial charge in [0.2, 0.25) is 0 Å². The van der Waals surface area contributed by atoms with E-state index in [1.807, 2.05) is 18.2 Å². The van der Waals surface area contributed by atoms with Crippen molar-refractivity contribution in [3.63, 3.8) is 0 Å². The first-order chi connectivity index (χ1) is 8.13. The lowest BCUT2D eigenvalue weighted by Gasteiger charge is -2.39. The molecule has 17 heavy (non-hydrogen) atoms. The van der Waals surface area contributed by atoms with Gasteiger partial charge in [0, 0.05) is 12.6 Å². The highest BCUT2D eigenvalue weighted by molar-refractivity contribution is 5.74. The Morgan fingerprint density at radius 2 is 2.18 bits per heavy atom. The summed E-state index contributed by atoms with van der Waals surface area (Å²) < 4.78 is 10.9. The second kappa shape index (κ2) is 4.84. The van der Waals surface area contributed by atoms with E-state index in [9.17, 15) is 0 Å². The number of para-hydroxylation sites is 1. The number of morpholine rings is 1. The summed E-state index contributed by atoms with van der Waals surface area (Å²) in [4.78, 5) is 2.28. The first-order valence-electron chi connectivity index (χ1n) is 5.94. The number of hydrogen-bond donors (Lipinski definition) is 1. The standard InChI is InChI=1S/C13H20N2O2/c1-9-8-17-10(2)7-15(9)11-5-4-6-12(16-3)13(11)14/h4-6,9-10H,7-8,14H2,1-3H3. The van der Waals surface area contributed by atoms with Crippen LogP contribution >= 0.6 is 0 Å². The topological polar surface area (TPSA) is 47.7 Å². The van der Waals surface area contributed by atoms with Crippen molar-refractivity contribution in [3.05, 3.63) is 18.2 Å². The largest absolute Gasteiger partial charge is 0.495 e. The van der Waals surface area contributed by atoms with Crippen molar-refractivity contribution < 1.29 is 9.47 Å². The van der Waals surface area contributed by atoms with Gasteiger partial charge in [0.05, 0.1) is 31.2 Å². The molecule has 1 fully saturated rings. The Labute approximate surface area is 102 Å². The molecular weight excluding hydrogens is 216 g/mol. The quantitative estimate of drug-likeness (QED) is 0.797. The number of rotatable bonds is 2. The van der Waals surface area contributed by atoms with Crippen LogP contribution in [0.15, 0.2) is 18.2 Å². The fourth-order valence-corrected chi connectivity index (χ4v) is 2.20. The molecule has 2 rings (SSSR count). The molecule has 2 atom stereocenters. The SMILES string of the molecule is COc1cccc(N2CC(C)OCC2C)c1N. The molecule has 0 spiro atoms. The van der Waals surface area contributed by atoms with Crippen molar-refractivity contribution in [2.24, 2.45) is 0 Å². The van der Waals surface area contributed by atoms with Gasteiger partial charge in [0.25, 0.3) is 0 Å². The van der Waals surface area contributed by atoms with Gasteiger partial charge in [-0.1, -0.05) is 6.07 Å². The Hall–Kier alpha value is -1.42. The molecule has 0 aliphatic carbocycles. The van der Waals surface area contributed by atoms with E-state index in [0.717, 1.165) is 24.6 Å². The molecule has 0 amide bonds. The molecule has 0 aromatic heterocycles. The molecule has 1 heterocycles. The molecule has 1 saturated heterocycles. The van der Waals surface area contributed by atoms with Crippen molar-refractivity contribution in [2.45, 2.75) is 26.0 Å². The number of ether oxygens (including phenoxy) is 2. The Balaban J connectivity index is 2.32. The summed E-state index contributed by atoms with van der Waals surface area (Å²) in [5.41, 5.74) is 7.86. The lowest BCUT2D eigenvalue weighted by atomic mass is 10.1. The molecule has 0 radical (unpaired) electrons. The Morgan fingerprint density at radius 1 is 1.41 bits per heavy atom. The minimum Gasteiger partial charge on any atom is -0.495 e. The van der Waals surface area contributed by atoms with Crippen LogP contribution < -0.4 is 15.4 Å². The number of hydrogen-bond acceptors (Lipinski definition) is 4. The minimum atomic E-state index is 0.233. The normalized spacial score (nSPS) is 24.8. The Bertz CT molecular complexity index is 395. The van der Waals surface area contributed by atoms with Crippen LogP contribution in [0.3, 0.4) is 0 Å². The number of anilines is 2. The number of benzene rings is 1. The highest BCUT2D eigenvalue weighted by Crippen LogP contribution is 2.34. The van der Waals surface area contributed by atoms with Gasteiger partial charge in [-0.15, -0.1) is 0 Å². The van der Waals surface area contributed by atoms with Crippen molar-refractivity contribution >= 4 is 11.4 Å². The average Bonchev–Trinajstić information content (AvgIpc) is 2.33. The molecule has 94 valence electrons. The highest BCUT2D eigenvalue weighted by Gasteiger charge is 2.25. The van der Waals surface area contributed by atoms with Gasteiger partial charge >= 0.3 is 0 Å². The van der Waals surface area contributed by atoms with E-state index in [-0.39, 0.29) is 6.10 Å². The third kappa shape index (κ3) is 2.31. The van der Waals surface area contributed by atoms with Crippen molar-refractivity contribution in [2.75, 3.05) is 30.9 Å². The maximum absolute atomic E-state index is 6.12. The summed E-state index contributed by atoms with van der Waals surface area (Å²) in [5.74, 6) is 0.730. The lowest BCUT2D eigenvalue weighted by molar-refractivity contribution is 0.0344. The van der Waals surface area contributed by atoms with Crippen molar-refractivity contribution in [1.82, 2.24) is 0 Å². The fourth-order valence-electron chi connectivity index (χ4n) is 2.20. The first kappa shape index (κ1) is 12.0. The zero-order chi connectivity index (χ0) is 12.4. The van der Waals surface area contributed by atoms with Crippen molar-refractivity contribution in [3.8, 4) is 5.75 Å². The maximum Gasteiger partial charge on any atom is 0.143 e. The molecule has 4 nitrogen and oxygen atoms in total. The van der Waals surface area contributed by atoms with E-state index in [1.165, 1.54) is 0 Å². The molecule has 2 N–H and O–H groups in total. The van der Waals surface area contributed by atoms with E-state index in [2.05, 4.69) is 18.7 Å². The number of methoxy groups -OCH3 is 1. The Kier molecular flexibility index (Phi) is 3.43. The van der Waals surface area contributed by atoms with Crippen LogP contribution in [-0.4, -0.2) is 32.4 Å². The van der Waals surface area contributed by atoms with Crippen LogP contribution in [0.5, 0.6) is 5.75 Å². The average molecular weight is 236 g/mol. The molecular formula is C13H20N2O2. The summed E-state index contributed by atoms with van der Waals surface area (Å²) in [6.07, 6.45) is 0.233. The minimum absolute atomic E-state index is 0.233. The molecule has 1 aliphatic heterocycles. The smallest absolute Gasteiger partial charge is 0.143 e. The summed E-state index contributed by atoms with van der Waals surface area (Å²) in [5, 5.41) is 0. The summed E-state index contributed by atoms with van der Waals surface area (Å²) >= 11 is 0. The predicted octanol–water partition coefficient (Wildman–Crippen LogP) is 1.89. The Morgan fingerprint density at radius 3 is 2.88 bits per heavy atom. The second-order valence-corrected chi connectivity index (χ2v) is 4.54. The monoisotopic (exact) mass is 236 g/mol. The van der Waals surface area contributed by atoms with Crippen LogP contribution in [0.2, 0.25) is 0 Å². The van der Waals surface area contributed by atoms with E-state index in [0.29, 0.717) is 11.7 Å². The molecule has 4 heteroatoms. The maximum atomic E-state index is 6.12. The molecule has 1 aliphatic rings. The van der Waals surface area contributed by atoms with E-state index < -0.39 is 0 Å². The third-order valence-corrected chi connectivity index (χ3v) is 3.18. The lowest BCUT2D eigenvalue weighted by Crippen LogP contribution is -2.47. The third-order valence-electron chi connectivity index (χ3n) is 3.18. The van der Waals surface area contributed by atoms with Crippen LogP contribution in [0.25, 0.3) is 0 Å². The molecule has 1 aromatic rings. The predicted molar refractivity (Wildman–Crippen MR) is 69.6 cm³/mol. The second-order valence-electron chi connectivity index (χ2n) is 4.54. The van der Waals surface area contributed by atoms with E-state index in [4.69, 9.17) is 15.2 Å². The molecule has 1 aromatic carbocycles. The van der Waals surface area contributed by atoms with Gasteiger partial charge in [-0.05, 0) is 26.0 Å². The van der Waals surface area contributed by atoms with E-state index >= 15 is 0 Å². The van der Waals surface area contributed by atoms with Crippen LogP contribution in [0, 0.1) is 0 Å². The van der Waals surface area contributed by atoms with Crippen LogP contribution in [0.4, 0.5) is 11.4 Å². The van der Waals surface area contributed by atoms with Gasteiger partial charge in [-0.3, -0.25) is 0 Å². The fraction of sp³-hybridized carbons (Fsp3) is 0.538. The zero-order valence-electron chi connectivity index (χ0n) is 10.6. The van der Waals surface area contributed by atoms with Crippen LogP contribution in [-0.2, 0) is 4.74 Å². The van der Waals surface area contributed by atoms with Gasteiger partial charge in [-0.2, -0.15) is 0 Å². The number of nitrogens with zero attached hydrogens (tertiary/aromatic N) is 1. The van der Waals surface area contributed by atoms with E-state index in [1.54, 1.807) is 7.11 Å².